The summed E-state index contributed by atoms with van der Waals surface area (Å²) < 4.78 is 0. The second-order valence-corrected chi connectivity index (χ2v) is 9.14. The fourth-order valence-corrected chi connectivity index (χ4v) is 5.47. The Morgan fingerprint density at radius 2 is 0.889 bits per heavy atom. The summed E-state index contributed by atoms with van der Waals surface area (Å²) in [5.74, 6) is 0. The summed E-state index contributed by atoms with van der Waals surface area (Å²) in [7, 11) is 0. The molecule has 0 bridgehead atoms. The fraction of sp³-hybridized carbons (Fsp3) is 0. The van der Waals surface area contributed by atoms with Crippen molar-refractivity contribution in [3.8, 4) is 33.5 Å². The van der Waals surface area contributed by atoms with Crippen LogP contribution in [0.15, 0.2) is 140 Å². The van der Waals surface area contributed by atoms with Gasteiger partial charge in [0.25, 0.3) is 0 Å². The lowest BCUT2D eigenvalue weighted by atomic mass is 9.84. The Hall–Kier alpha value is -4.75. The summed E-state index contributed by atoms with van der Waals surface area (Å²) >= 11 is 0. The normalized spacial score (nSPS) is 11.3. The third kappa shape index (κ3) is 3.29. The fourth-order valence-electron chi connectivity index (χ4n) is 5.47. The van der Waals surface area contributed by atoms with E-state index in [4.69, 9.17) is 4.98 Å². The first-order valence-electron chi connectivity index (χ1n) is 12.3. The first-order chi connectivity index (χ1) is 17.9. The zero-order chi connectivity index (χ0) is 23.9. The van der Waals surface area contributed by atoms with Crippen LogP contribution >= 0.6 is 0 Å². The number of hydrogen-bond donors (Lipinski definition) is 0. The lowest BCUT2D eigenvalue weighted by Gasteiger charge is -2.19. The average Bonchev–Trinajstić information content (AvgIpc) is 2.96. The minimum atomic E-state index is 1.00. The van der Waals surface area contributed by atoms with Crippen molar-refractivity contribution in [3.05, 3.63) is 140 Å². The van der Waals surface area contributed by atoms with Crippen molar-refractivity contribution in [1.29, 1.82) is 0 Å². The first kappa shape index (κ1) is 20.6. The van der Waals surface area contributed by atoms with Gasteiger partial charge in [0.1, 0.15) is 0 Å². The second-order valence-electron chi connectivity index (χ2n) is 9.14. The van der Waals surface area contributed by atoms with Crippen LogP contribution in [-0.4, -0.2) is 4.98 Å². The first-order valence-corrected chi connectivity index (χ1v) is 12.3. The van der Waals surface area contributed by atoms with Gasteiger partial charge >= 0.3 is 0 Å². The molecule has 1 heterocycles. The number of fused-ring (bicyclic) bond motifs is 3. The molecule has 168 valence electrons. The molecule has 0 aliphatic heterocycles. The van der Waals surface area contributed by atoms with Gasteiger partial charge < -0.3 is 0 Å². The molecule has 6 aromatic carbocycles. The Balaban J connectivity index is 1.61. The summed E-state index contributed by atoms with van der Waals surface area (Å²) in [6, 6.07) is 49.6. The van der Waals surface area contributed by atoms with Crippen molar-refractivity contribution < 1.29 is 0 Å². The number of hydrogen-bond acceptors (Lipinski definition) is 1. The van der Waals surface area contributed by atoms with Crippen LogP contribution in [0.25, 0.3) is 66.0 Å². The van der Waals surface area contributed by atoms with Crippen molar-refractivity contribution in [2.75, 3.05) is 0 Å². The van der Waals surface area contributed by atoms with Gasteiger partial charge in [-0.25, -0.2) is 4.98 Å². The quantitative estimate of drug-likeness (QED) is 0.241. The van der Waals surface area contributed by atoms with E-state index in [0.717, 1.165) is 16.6 Å². The summed E-state index contributed by atoms with van der Waals surface area (Å²) in [5.41, 5.74) is 8.18. The molecule has 0 aliphatic carbocycles. The number of pyridine rings is 1. The van der Waals surface area contributed by atoms with E-state index < -0.39 is 0 Å². The van der Waals surface area contributed by atoms with E-state index in [1.807, 2.05) is 0 Å². The van der Waals surface area contributed by atoms with Crippen LogP contribution in [0.4, 0.5) is 0 Å². The van der Waals surface area contributed by atoms with Gasteiger partial charge in [0.2, 0.25) is 0 Å². The van der Waals surface area contributed by atoms with Gasteiger partial charge in [-0.05, 0) is 55.9 Å². The highest BCUT2D eigenvalue weighted by atomic mass is 14.7. The number of benzene rings is 6. The maximum atomic E-state index is 5.11. The van der Waals surface area contributed by atoms with Gasteiger partial charge in [-0.3, -0.25) is 0 Å². The Kier molecular flexibility index (Phi) is 4.85. The summed E-state index contributed by atoms with van der Waals surface area (Å²) in [5, 5.41) is 6.08. The lowest BCUT2D eigenvalue weighted by Crippen LogP contribution is -1.94. The number of rotatable bonds is 3. The van der Waals surface area contributed by atoms with E-state index in [1.165, 1.54) is 49.4 Å². The molecule has 36 heavy (non-hydrogen) atoms. The summed E-state index contributed by atoms with van der Waals surface area (Å²) in [4.78, 5) is 5.11. The van der Waals surface area contributed by atoms with E-state index in [9.17, 15) is 0 Å². The monoisotopic (exact) mass is 457 g/mol. The minimum absolute atomic E-state index is 1.00. The molecular formula is C35H23N. The molecule has 7 aromatic rings. The molecule has 0 amide bonds. The van der Waals surface area contributed by atoms with Crippen molar-refractivity contribution in [1.82, 2.24) is 4.98 Å². The predicted octanol–water partition coefficient (Wildman–Crippen LogP) is 9.54. The van der Waals surface area contributed by atoms with Gasteiger partial charge in [-0.1, -0.05) is 127 Å². The number of nitrogens with zero attached hydrogens (tertiary/aromatic N) is 1. The molecule has 7 rings (SSSR count). The molecule has 0 saturated carbocycles. The van der Waals surface area contributed by atoms with Crippen LogP contribution < -0.4 is 0 Å². The highest BCUT2D eigenvalue weighted by Crippen LogP contribution is 2.45. The molecule has 0 saturated heterocycles. The molecule has 0 N–H and O–H groups in total. The van der Waals surface area contributed by atoms with Gasteiger partial charge in [0.05, 0.1) is 11.2 Å². The zero-order valence-corrected chi connectivity index (χ0v) is 19.7. The Labute approximate surface area is 210 Å². The van der Waals surface area contributed by atoms with Crippen LogP contribution in [0.5, 0.6) is 0 Å². The molecule has 1 aromatic heterocycles. The lowest BCUT2D eigenvalue weighted by molar-refractivity contribution is 1.42. The molecule has 1 nitrogen and oxygen atoms in total. The van der Waals surface area contributed by atoms with Crippen molar-refractivity contribution in [2.45, 2.75) is 0 Å². The average molecular weight is 458 g/mol. The smallest absolute Gasteiger partial charge is 0.0722 e. The van der Waals surface area contributed by atoms with Crippen LogP contribution in [0.2, 0.25) is 0 Å². The highest BCUT2D eigenvalue weighted by molar-refractivity contribution is 6.22. The molecule has 1 heteroatoms. The number of aromatic nitrogens is 1. The second kappa shape index (κ2) is 8.48. The van der Waals surface area contributed by atoms with Gasteiger partial charge in [0.15, 0.2) is 0 Å². The van der Waals surface area contributed by atoms with Crippen molar-refractivity contribution >= 4 is 32.4 Å². The van der Waals surface area contributed by atoms with Crippen LogP contribution in [-0.2, 0) is 0 Å². The number of para-hydroxylation sites is 1. The Morgan fingerprint density at radius 3 is 1.58 bits per heavy atom. The predicted molar refractivity (Wildman–Crippen MR) is 153 cm³/mol. The largest absolute Gasteiger partial charge is 0.248 e. The molecule has 0 spiro atoms. The summed E-state index contributed by atoms with van der Waals surface area (Å²) in [6.45, 7) is 0. The Bertz CT molecular complexity index is 1830. The molecule has 0 unspecified atom stereocenters. The minimum Gasteiger partial charge on any atom is -0.248 e. The molecule has 0 atom stereocenters. The van der Waals surface area contributed by atoms with Crippen molar-refractivity contribution in [2.24, 2.45) is 0 Å². The third-order valence-corrected chi connectivity index (χ3v) is 7.07. The van der Waals surface area contributed by atoms with E-state index in [2.05, 4.69) is 140 Å². The highest BCUT2D eigenvalue weighted by Gasteiger charge is 2.19. The van der Waals surface area contributed by atoms with Crippen molar-refractivity contribution in [3.63, 3.8) is 0 Å². The van der Waals surface area contributed by atoms with Gasteiger partial charge in [0, 0.05) is 10.9 Å². The topological polar surface area (TPSA) is 12.9 Å². The summed E-state index contributed by atoms with van der Waals surface area (Å²) in [6.07, 6.45) is 0. The van der Waals surface area contributed by atoms with Gasteiger partial charge in [-0.15, -0.1) is 0 Å². The maximum absolute atomic E-state index is 5.11. The van der Waals surface area contributed by atoms with Gasteiger partial charge in [-0.2, -0.15) is 0 Å². The SMILES string of the molecule is c1ccc(-c2ccccc2-c2c3ccccc3c(-c3ccc4ccccc4n3)c3ccccc23)cc1. The standard InChI is InChI=1S/C35H23N/c1-2-12-24(13-3-1)26-15-5-6-16-27(26)34-28-17-7-9-19-30(28)35(31-20-10-8-18-29(31)34)33-23-22-25-14-4-11-21-32(25)36-33/h1-23H. The molecule has 0 fully saturated rings. The molecule has 0 radical (unpaired) electrons. The van der Waals surface area contributed by atoms with E-state index >= 15 is 0 Å². The molecular weight excluding hydrogens is 434 g/mol. The maximum Gasteiger partial charge on any atom is 0.0722 e. The van der Waals surface area contributed by atoms with Crippen LogP contribution in [0, 0.1) is 0 Å². The van der Waals surface area contributed by atoms with Crippen LogP contribution in [0.3, 0.4) is 0 Å². The molecule has 0 aliphatic rings. The van der Waals surface area contributed by atoms with E-state index in [0.29, 0.717) is 0 Å². The van der Waals surface area contributed by atoms with E-state index in [-0.39, 0.29) is 0 Å². The van der Waals surface area contributed by atoms with Crippen LogP contribution in [0.1, 0.15) is 0 Å². The van der Waals surface area contributed by atoms with E-state index in [1.54, 1.807) is 0 Å². The third-order valence-electron chi connectivity index (χ3n) is 7.07. The Morgan fingerprint density at radius 1 is 0.361 bits per heavy atom. The zero-order valence-electron chi connectivity index (χ0n) is 19.7.